The number of amides is 1. The Morgan fingerprint density at radius 3 is 2.62 bits per heavy atom. The van der Waals surface area contributed by atoms with E-state index in [1.807, 2.05) is 19.1 Å². The van der Waals surface area contributed by atoms with E-state index in [2.05, 4.69) is 22.0 Å². The first-order chi connectivity index (χ1) is 17.6. The molecule has 2 N–H and O–H groups in total. The van der Waals surface area contributed by atoms with Crippen LogP contribution in [0, 0.1) is 5.41 Å². The number of ketones is 1. The second-order valence-electron chi connectivity index (χ2n) is 10.1. The molecule has 0 saturated heterocycles. The highest BCUT2D eigenvalue weighted by Gasteiger charge is 2.34. The van der Waals surface area contributed by atoms with E-state index in [1.54, 1.807) is 26.1 Å². The summed E-state index contributed by atoms with van der Waals surface area (Å²) in [6.07, 6.45) is 11.7. The van der Waals surface area contributed by atoms with Crippen molar-refractivity contribution in [1.29, 1.82) is 0 Å². The van der Waals surface area contributed by atoms with E-state index in [9.17, 15) is 19.5 Å². The lowest BCUT2D eigenvalue weighted by molar-refractivity contribution is 0.0829. The van der Waals surface area contributed by atoms with Crippen LogP contribution in [0.5, 0.6) is 5.75 Å². The Morgan fingerprint density at radius 2 is 2.00 bits per heavy atom. The van der Waals surface area contributed by atoms with Gasteiger partial charge in [-0.05, 0) is 43.7 Å². The van der Waals surface area contributed by atoms with Gasteiger partial charge in [0.15, 0.2) is 5.78 Å². The van der Waals surface area contributed by atoms with Gasteiger partial charge in [0.2, 0.25) is 0 Å². The van der Waals surface area contributed by atoms with E-state index in [0.717, 1.165) is 24.1 Å². The lowest BCUT2D eigenvalue weighted by atomic mass is 9.79. The summed E-state index contributed by atoms with van der Waals surface area (Å²) in [5.41, 5.74) is -0.199. The predicted molar refractivity (Wildman–Crippen MR) is 143 cm³/mol. The van der Waals surface area contributed by atoms with E-state index in [1.165, 1.54) is 38.6 Å². The molecule has 202 valence electrons. The lowest BCUT2D eigenvalue weighted by Gasteiger charge is -2.23. The molecule has 0 spiro atoms. The highest BCUT2D eigenvalue weighted by molar-refractivity contribution is 6.02. The number of nitrogens with one attached hydrogen (secondary N) is 1. The van der Waals surface area contributed by atoms with E-state index in [4.69, 9.17) is 4.42 Å². The van der Waals surface area contributed by atoms with Gasteiger partial charge < -0.3 is 14.3 Å². The van der Waals surface area contributed by atoms with Crippen LogP contribution in [0.1, 0.15) is 99.5 Å². The number of hydrogen-bond donors (Lipinski definition) is 2. The molecule has 2 rings (SSSR count). The Bertz CT molecular complexity index is 1120. The van der Waals surface area contributed by atoms with Crippen LogP contribution in [0.4, 0.5) is 4.79 Å². The number of ether oxygens (including phenoxy) is 1. The summed E-state index contributed by atoms with van der Waals surface area (Å²) in [7, 11) is 1.28. The Labute approximate surface area is 219 Å². The highest BCUT2D eigenvalue weighted by atomic mass is 16.5. The minimum absolute atomic E-state index is 0.190. The first-order valence-electron chi connectivity index (χ1n) is 12.9. The second kappa shape index (κ2) is 14.4. The number of unbranched alkanes of at least 4 members (excludes halogenated alkanes) is 3. The summed E-state index contributed by atoms with van der Waals surface area (Å²) < 4.78 is 9.91. The number of aryl methyl sites for hydroxylation is 1. The van der Waals surface area contributed by atoms with Crippen molar-refractivity contribution in [2.24, 2.45) is 5.41 Å². The fourth-order valence-electron chi connectivity index (χ4n) is 4.08. The second-order valence-corrected chi connectivity index (χ2v) is 10.1. The Kier molecular flexibility index (Phi) is 11.6. The molecule has 8 nitrogen and oxygen atoms in total. The van der Waals surface area contributed by atoms with Crippen molar-refractivity contribution >= 4 is 11.9 Å². The Hall–Kier alpha value is -3.42. The maximum absolute atomic E-state index is 13.3. The normalized spacial score (nSPS) is 12.5. The molecular formula is C29H40N2O6. The zero-order valence-electron chi connectivity index (χ0n) is 22.6. The maximum Gasteiger partial charge on any atom is 0.410 e. The van der Waals surface area contributed by atoms with Gasteiger partial charge in [-0.2, -0.15) is 0 Å². The number of allylic oxidation sites excluding steroid dienone is 1. The molecule has 1 unspecified atom stereocenters. The van der Waals surface area contributed by atoms with Gasteiger partial charge in [0.25, 0.3) is 0 Å². The van der Waals surface area contributed by atoms with E-state index in [-0.39, 0.29) is 17.2 Å². The summed E-state index contributed by atoms with van der Waals surface area (Å²) in [4.78, 5) is 41.6. The summed E-state index contributed by atoms with van der Waals surface area (Å²) in [6.45, 7) is 7.53. The van der Waals surface area contributed by atoms with Crippen LogP contribution in [0.25, 0.3) is 0 Å². The molecule has 8 heteroatoms. The van der Waals surface area contributed by atoms with Gasteiger partial charge in [-0.3, -0.25) is 15.1 Å². The number of methoxy groups -OCH3 is 1. The number of alkyl carbamates (subject to hydrolysis) is 1. The monoisotopic (exact) mass is 512 g/mol. The molecule has 0 aliphatic heterocycles. The molecule has 0 aliphatic rings. The molecule has 0 aliphatic carbocycles. The average Bonchev–Trinajstić information content (AvgIpc) is 2.86. The van der Waals surface area contributed by atoms with Crippen molar-refractivity contribution in [2.45, 2.75) is 85.0 Å². The van der Waals surface area contributed by atoms with Crippen LogP contribution in [0.3, 0.4) is 0 Å². The van der Waals surface area contributed by atoms with E-state index >= 15 is 0 Å². The third-order valence-electron chi connectivity index (χ3n) is 6.37. The van der Waals surface area contributed by atoms with Crippen molar-refractivity contribution < 1.29 is 23.8 Å². The number of aromatic nitrogens is 1. The third-order valence-corrected chi connectivity index (χ3v) is 6.37. The molecule has 0 radical (unpaired) electrons. The van der Waals surface area contributed by atoms with Gasteiger partial charge in [-0.25, -0.2) is 9.59 Å². The minimum atomic E-state index is -0.943. The Balaban J connectivity index is 2.04. The zero-order valence-corrected chi connectivity index (χ0v) is 22.6. The zero-order chi connectivity index (χ0) is 27.4. The number of hydrogen-bond acceptors (Lipinski definition) is 7. The summed E-state index contributed by atoms with van der Waals surface area (Å²) in [5.74, 6) is -0.743. The predicted octanol–water partition coefficient (Wildman–Crippen LogP) is 6.07. The smallest absolute Gasteiger partial charge is 0.410 e. The number of nitrogens with zero attached hydrogens (tertiary/aromatic N) is 1. The van der Waals surface area contributed by atoms with Crippen LogP contribution < -0.4 is 10.9 Å². The molecule has 2 aromatic heterocycles. The number of rotatable bonds is 14. The fourth-order valence-corrected chi connectivity index (χ4v) is 4.08. The first kappa shape index (κ1) is 29.8. The van der Waals surface area contributed by atoms with Gasteiger partial charge in [-0.15, -0.1) is 0 Å². The SMILES string of the molecule is CCCCCCc1ccc(CC(C)(C)C(=O)c2c(O)cc(C(C)CC/C=C/NC(=O)OC)oc2=O)cn1. The molecule has 0 saturated carbocycles. The quantitative estimate of drug-likeness (QED) is 0.233. The van der Waals surface area contributed by atoms with Crippen LogP contribution in [-0.2, 0) is 17.6 Å². The number of aromatic hydroxyl groups is 1. The summed E-state index contributed by atoms with van der Waals surface area (Å²) in [6, 6.07) is 5.31. The number of pyridine rings is 1. The van der Waals surface area contributed by atoms with Crippen molar-refractivity contribution in [3.63, 3.8) is 0 Å². The molecule has 0 bridgehead atoms. The molecule has 2 heterocycles. The van der Waals surface area contributed by atoms with Crippen molar-refractivity contribution in [3.8, 4) is 5.75 Å². The van der Waals surface area contributed by atoms with Gasteiger partial charge in [0, 0.05) is 35.5 Å². The van der Waals surface area contributed by atoms with Gasteiger partial charge in [0.05, 0.1) is 7.11 Å². The average molecular weight is 513 g/mol. The summed E-state index contributed by atoms with van der Waals surface area (Å²) in [5, 5.41) is 13.0. The highest BCUT2D eigenvalue weighted by Crippen LogP contribution is 2.31. The molecule has 0 aromatic carbocycles. The largest absolute Gasteiger partial charge is 0.507 e. The van der Waals surface area contributed by atoms with Gasteiger partial charge >= 0.3 is 11.7 Å². The molecule has 0 fully saturated rings. The van der Waals surface area contributed by atoms with Crippen molar-refractivity contribution in [3.05, 3.63) is 69.7 Å². The van der Waals surface area contributed by atoms with Gasteiger partial charge in [0.1, 0.15) is 17.1 Å². The molecule has 1 amide bonds. The Morgan fingerprint density at radius 1 is 1.24 bits per heavy atom. The molecular weight excluding hydrogens is 472 g/mol. The number of carbonyl (C=O) groups is 2. The van der Waals surface area contributed by atoms with E-state index in [0.29, 0.717) is 25.0 Å². The third kappa shape index (κ3) is 9.19. The number of Topliss-reactive ketones (excluding diaryl/α,β-unsaturated/α-hetero) is 1. The summed E-state index contributed by atoms with van der Waals surface area (Å²) >= 11 is 0. The van der Waals surface area contributed by atoms with Crippen LogP contribution in [-0.4, -0.2) is 29.1 Å². The van der Waals surface area contributed by atoms with Crippen molar-refractivity contribution in [2.75, 3.05) is 7.11 Å². The fraction of sp³-hybridized carbons (Fsp3) is 0.517. The van der Waals surface area contributed by atoms with Gasteiger partial charge in [-0.1, -0.05) is 59.1 Å². The van der Waals surface area contributed by atoms with Crippen LogP contribution >= 0.6 is 0 Å². The van der Waals surface area contributed by atoms with Crippen LogP contribution in [0.2, 0.25) is 0 Å². The van der Waals surface area contributed by atoms with Crippen LogP contribution in [0.15, 0.2) is 45.9 Å². The maximum atomic E-state index is 13.3. The molecule has 37 heavy (non-hydrogen) atoms. The standard InChI is InChI=1S/C29H40N2O6/c1-6-7-8-9-13-22-15-14-21(19-31-22)18-29(3,4)26(33)25-23(32)17-24(37-27(25)34)20(2)12-10-11-16-30-28(35)36-5/h11,14-17,19-20,32H,6-10,12-13,18H2,1-5H3,(H,30,35)/b16-11+. The van der Waals surface area contributed by atoms with Crippen molar-refractivity contribution in [1.82, 2.24) is 10.3 Å². The first-order valence-corrected chi connectivity index (χ1v) is 12.9. The molecule has 2 aromatic rings. The van der Waals surface area contributed by atoms with E-state index < -0.39 is 22.9 Å². The number of carbonyl (C=O) groups excluding carboxylic acids is 2. The lowest BCUT2D eigenvalue weighted by Crippen LogP contribution is -2.31. The molecule has 1 atom stereocenters. The topological polar surface area (TPSA) is 119 Å². The minimum Gasteiger partial charge on any atom is -0.507 e.